The monoisotopic (exact) mass is 510 g/mol. The van der Waals surface area contributed by atoms with Crippen LogP contribution < -0.4 is 5.32 Å². The Balaban J connectivity index is 1.50. The molecule has 2 saturated carbocycles. The molecule has 2 aliphatic carbocycles. The Morgan fingerprint density at radius 3 is 2.00 bits per heavy atom. The molecule has 0 unspecified atom stereocenters. The van der Waals surface area contributed by atoms with E-state index in [1.54, 1.807) is 31.2 Å². The third-order valence-electron chi connectivity index (χ3n) is 6.35. The van der Waals surface area contributed by atoms with Gasteiger partial charge in [0, 0.05) is 20.9 Å². The van der Waals surface area contributed by atoms with Gasteiger partial charge in [-0.25, -0.2) is 0 Å². The number of alkyl halides is 2. The van der Waals surface area contributed by atoms with Crippen molar-refractivity contribution in [3.8, 4) is 0 Å². The first-order valence-corrected chi connectivity index (χ1v) is 11.1. The second-order valence-corrected chi connectivity index (χ2v) is 9.96. The maximum absolute atomic E-state index is 13.0. The zero-order chi connectivity index (χ0) is 20.3. The number of likely N-dealkylation sites (tertiary alicyclic amines) is 1. The highest BCUT2D eigenvalue weighted by Gasteiger charge is 2.67. The van der Waals surface area contributed by atoms with Gasteiger partial charge in [0.2, 0.25) is 17.7 Å². The minimum atomic E-state index is -0.889. The molecule has 3 fully saturated rings. The van der Waals surface area contributed by atoms with Gasteiger partial charge in [-0.15, -0.1) is 0 Å². The number of hydrogen-bond donors (Lipinski definition) is 1. The van der Waals surface area contributed by atoms with Gasteiger partial charge in [0.1, 0.15) is 6.04 Å². The Morgan fingerprint density at radius 2 is 1.54 bits per heavy atom. The van der Waals surface area contributed by atoms with E-state index in [2.05, 4.69) is 37.2 Å². The molecule has 1 aromatic rings. The van der Waals surface area contributed by atoms with E-state index < -0.39 is 11.9 Å². The van der Waals surface area contributed by atoms with Crippen LogP contribution in [0, 0.1) is 23.7 Å². The molecule has 148 valence electrons. The molecule has 0 aromatic heterocycles. The summed E-state index contributed by atoms with van der Waals surface area (Å²) >= 11 is 7.32. The van der Waals surface area contributed by atoms with Crippen LogP contribution in [0.1, 0.15) is 30.6 Å². The van der Waals surface area contributed by atoms with Gasteiger partial charge in [-0.1, -0.05) is 31.9 Å². The summed E-state index contributed by atoms with van der Waals surface area (Å²) < 4.78 is 0. The first-order chi connectivity index (χ1) is 13.2. The molecule has 1 aliphatic heterocycles. The zero-order valence-electron chi connectivity index (χ0n) is 15.4. The second kappa shape index (κ2) is 7.06. The molecular formula is C20H20Br2N2O4. The third-order valence-corrected chi connectivity index (χ3v) is 9.55. The first kappa shape index (κ1) is 19.8. The average molecular weight is 512 g/mol. The molecule has 3 aliphatic rings. The average Bonchev–Trinajstić information content (AvgIpc) is 3.26. The lowest BCUT2D eigenvalue weighted by Gasteiger charge is -2.28. The van der Waals surface area contributed by atoms with Crippen molar-refractivity contribution in [2.75, 3.05) is 5.32 Å². The van der Waals surface area contributed by atoms with Gasteiger partial charge in [-0.05, 0) is 56.4 Å². The van der Waals surface area contributed by atoms with Gasteiger partial charge >= 0.3 is 0 Å². The van der Waals surface area contributed by atoms with Gasteiger partial charge in [0.25, 0.3) is 0 Å². The van der Waals surface area contributed by atoms with Crippen molar-refractivity contribution >= 4 is 61.1 Å². The maximum atomic E-state index is 13.0. The minimum Gasteiger partial charge on any atom is -0.324 e. The molecule has 6 nitrogen and oxygen atoms in total. The largest absolute Gasteiger partial charge is 0.324 e. The van der Waals surface area contributed by atoms with E-state index in [-0.39, 0.29) is 50.9 Å². The molecule has 7 atom stereocenters. The van der Waals surface area contributed by atoms with Crippen molar-refractivity contribution in [3.63, 3.8) is 0 Å². The number of carbonyl (C=O) groups excluding carboxylic acids is 4. The summed E-state index contributed by atoms with van der Waals surface area (Å²) in [5.74, 6) is -1.37. The summed E-state index contributed by atoms with van der Waals surface area (Å²) in [5, 5.41) is 2.73. The predicted octanol–water partition coefficient (Wildman–Crippen LogP) is 2.99. The Bertz CT molecular complexity index is 839. The van der Waals surface area contributed by atoms with E-state index in [9.17, 15) is 19.2 Å². The molecule has 1 N–H and O–H groups in total. The number of hydrogen-bond acceptors (Lipinski definition) is 4. The molecule has 4 rings (SSSR count). The number of Topliss-reactive ketones (excluding diaryl/α,β-unsaturated/α-hetero) is 1. The Hall–Kier alpha value is -1.54. The van der Waals surface area contributed by atoms with Crippen LogP contribution in [0.3, 0.4) is 0 Å². The van der Waals surface area contributed by atoms with Crippen LogP contribution in [0.5, 0.6) is 0 Å². The van der Waals surface area contributed by atoms with Gasteiger partial charge in [-0.2, -0.15) is 0 Å². The third kappa shape index (κ3) is 2.87. The number of benzene rings is 1. The van der Waals surface area contributed by atoms with Gasteiger partial charge in [-0.3, -0.25) is 24.1 Å². The highest BCUT2D eigenvalue weighted by molar-refractivity contribution is 9.12. The van der Waals surface area contributed by atoms with Crippen LogP contribution in [-0.4, -0.2) is 44.1 Å². The number of halogens is 2. The molecule has 1 aromatic carbocycles. The molecule has 28 heavy (non-hydrogen) atoms. The summed E-state index contributed by atoms with van der Waals surface area (Å²) in [6.07, 6.45) is 0.857. The number of amides is 3. The van der Waals surface area contributed by atoms with E-state index in [0.29, 0.717) is 11.3 Å². The van der Waals surface area contributed by atoms with E-state index in [1.165, 1.54) is 6.92 Å². The molecule has 3 amide bonds. The van der Waals surface area contributed by atoms with Crippen molar-refractivity contribution in [3.05, 3.63) is 29.8 Å². The zero-order valence-corrected chi connectivity index (χ0v) is 18.6. The molecule has 8 heteroatoms. The molecule has 0 spiro atoms. The topological polar surface area (TPSA) is 83.6 Å². The van der Waals surface area contributed by atoms with E-state index in [0.717, 1.165) is 11.3 Å². The highest BCUT2D eigenvalue weighted by Crippen LogP contribution is 2.60. The standard InChI is InChI=1S/C20H20Br2N2O4/c1-8(18(26)23-11-5-3-10(4-6-11)9(2)25)24-19(27)14-12-7-13(15(14)20(24)28)17(22)16(12)21/h3-6,8,12-17H,7H2,1-2H3,(H,23,26)/t8-,12-,13-,14-,15+,16-,17+/m0/s1. The van der Waals surface area contributed by atoms with Gasteiger partial charge in [0.05, 0.1) is 11.8 Å². The van der Waals surface area contributed by atoms with Crippen LogP contribution in [0.2, 0.25) is 0 Å². The van der Waals surface area contributed by atoms with Gasteiger partial charge < -0.3 is 5.32 Å². The van der Waals surface area contributed by atoms with Gasteiger partial charge in [0.15, 0.2) is 5.78 Å². The van der Waals surface area contributed by atoms with Crippen LogP contribution in [-0.2, 0) is 14.4 Å². The number of nitrogens with one attached hydrogen (secondary N) is 1. The smallest absolute Gasteiger partial charge is 0.247 e. The number of carbonyl (C=O) groups is 4. The lowest BCUT2D eigenvalue weighted by molar-refractivity contribution is -0.146. The summed E-state index contributed by atoms with van der Waals surface area (Å²) in [7, 11) is 0. The Labute approximate surface area is 179 Å². The number of anilines is 1. The Morgan fingerprint density at radius 1 is 1.04 bits per heavy atom. The number of imide groups is 1. The summed E-state index contributed by atoms with van der Waals surface area (Å²) in [4.78, 5) is 51.6. The summed E-state index contributed by atoms with van der Waals surface area (Å²) in [6.45, 7) is 3.05. The van der Waals surface area contributed by atoms with Crippen LogP contribution >= 0.6 is 31.9 Å². The van der Waals surface area contributed by atoms with Crippen molar-refractivity contribution in [1.29, 1.82) is 0 Å². The normalized spacial score (nSPS) is 34.5. The summed E-state index contributed by atoms with van der Waals surface area (Å²) in [5.41, 5.74) is 1.06. The highest BCUT2D eigenvalue weighted by atomic mass is 79.9. The van der Waals surface area contributed by atoms with Crippen molar-refractivity contribution in [2.24, 2.45) is 23.7 Å². The van der Waals surface area contributed by atoms with Crippen molar-refractivity contribution in [2.45, 2.75) is 36.0 Å². The van der Waals surface area contributed by atoms with E-state index in [1.807, 2.05) is 0 Å². The SMILES string of the molecule is CC(=O)c1ccc(NC(=O)[C@H](C)N2C(=O)[C@@H]3[C@@H]4C[C@H]([C@H](Br)[C@@H]4Br)[C@@H]3C2=O)cc1. The molecular weight excluding hydrogens is 492 g/mol. The molecule has 0 radical (unpaired) electrons. The fourth-order valence-electron chi connectivity index (χ4n) is 4.91. The van der Waals surface area contributed by atoms with Crippen LogP contribution in [0.4, 0.5) is 5.69 Å². The van der Waals surface area contributed by atoms with Crippen molar-refractivity contribution in [1.82, 2.24) is 4.90 Å². The quantitative estimate of drug-likeness (QED) is 0.382. The fraction of sp³-hybridized carbons (Fsp3) is 0.500. The predicted molar refractivity (Wildman–Crippen MR) is 110 cm³/mol. The maximum Gasteiger partial charge on any atom is 0.247 e. The van der Waals surface area contributed by atoms with E-state index >= 15 is 0 Å². The van der Waals surface area contributed by atoms with Crippen LogP contribution in [0.15, 0.2) is 24.3 Å². The Kier molecular flexibility index (Phi) is 4.98. The number of fused-ring (bicyclic) bond motifs is 5. The second-order valence-electron chi connectivity index (χ2n) is 7.85. The number of nitrogens with zero attached hydrogens (tertiary/aromatic N) is 1. The first-order valence-electron chi connectivity index (χ1n) is 9.29. The minimum absolute atomic E-state index is 0.0594. The molecule has 1 saturated heterocycles. The van der Waals surface area contributed by atoms with Crippen LogP contribution in [0.25, 0.3) is 0 Å². The summed E-state index contributed by atoms with van der Waals surface area (Å²) in [6, 6.07) is 5.63. The number of rotatable bonds is 4. The van der Waals surface area contributed by atoms with Crippen molar-refractivity contribution < 1.29 is 19.2 Å². The number of ketones is 1. The molecule has 1 heterocycles. The lowest BCUT2D eigenvalue weighted by atomic mass is 9.81. The lowest BCUT2D eigenvalue weighted by Crippen LogP contribution is -2.46. The van der Waals surface area contributed by atoms with E-state index in [4.69, 9.17) is 0 Å². The molecule has 2 bridgehead atoms. The fourth-order valence-corrected chi connectivity index (χ4v) is 6.78.